The van der Waals surface area contributed by atoms with Gasteiger partial charge in [0, 0.05) is 19.8 Å². The fourth-order valence-corrected chi connectivity index (χ4v) is 2.89. The van der Waals surface area contributed by atoms with E-state index < -0.39 is 0 Å². The lowest BCUT2D eigenvalue weighted by Crippen LogP contribution is -2.19. The fourth-order valence-electron chi connectivity index (χ4n) is 2.89. The first-order valence-electron chi connectivity index (χ1n) is 7.85. The molecular formula is C18H17N7. The van der Waals surface area contributed by atoms with E-state index in [2.05, 4.69) is 50.3 Å². The van der Waals surface area contributed by atoms with Gasteiger partial charge in [0.15, 0.2) is 5.65 Å². The number of hydrogen-bond acceptors (Lipinski definition) is 7. The van der Waals surface area contributed by atoms with Crippen LogP contribution in [0.2, 0.25) is 0 Å². The molecule has 4 aromatic rings. The number of rotatable bonds is 3. The first-order valence-corrected chi connectivity index (χ1v) is 7.85. The fraction of sp³-hybridized carbons (Fsp3) is 0.111. The molecule has 0 saturated heterocycles. The van der Waals surface area contributed by atoms with Crippen molar-refractivity contribution in [2.75, 3.05) is 23.4 Å². The normalized spacial score (nSPS) is 11.1. The molecule has 7 nitrogen and oxygen atoms in total. The summed E-state index contributed by atoms with van der Waals surface area (Å²) < 4.78 is 0. The van der Waals surface area contributed by atoms with E-state index in [1.165, 1.54) is 16.3 Å². The molecule has 0 aliphatic heterocycles. The van der Waals surface area contributed by atoms with Crippen molar-refractivity contribution in [2.24, 2.45) is 0 Å². The van der Waals surface area contributed by atoms with E-state index >= 15 is 0 Å². The third-order valence-corrected chi connectivity index (χ3v) is 4.12. The monoisotopic (exact) mass is 331 g/mol. The van der Waals surface area contributed by atoms with Crippen molar-refractivity contribution in [1.82, 2.24) is 19.9 Å². The second-order valence-corrected chi connectivity index (χ2v) is 5.87. The van der Waals surface area contributed by atoms with Crippen LogP contribution in [-0.2, 0) is 6.54 Å². The number of benzene rings is 2. The predicted molar refractivity (Wildman–Crippen MR) is 100 cm³/mol. The van der Waals surface area contributed by atoms with E-state index in [1.54, 1.807) is 6.20 Å². The lowest BCUT2D eigenvalue weighted by atomic mass is 10.0. The number of nitrogens with zero attached hydrogens (tertiary/aromatic N) is 5. The van der Waals surface area contributed by atoms with Gasteiger partial charge in [-0.2, -0.15) is 15.0 Å². The van der Waals surface area contributed by atoms with E-state index in [0.717, 1.165) is 0 Å². The summed E-state index contributed by atoms with van der Waals surface area (Å²) in [5.41, 5.74) is 13.1. The number of nitrogen functional groups attached to an aromatic ring is 2. The topological polar surface area (TPSA) is 107 Å². The Morgan fingerprint density at radius 3 is 2.60 bits per heavy atom. The van der Waals surface area contributed by atoms with Crippen LogP contribution in [0.5, 0.6) is 0 Å². The Hall–Kier alpha value is -3.48. The van der Waals surface area contributed by atoms with Gasteiger partial charge >= 0.3 is 0 Å². The molecule has 0 amide bonds. The van der Waals surface area contributed by atoms with Crippen LogP contribution in [-0.4, -0.2) is 27.0 Å². The van der Waals surface area contributed by atoms with Crippen molar-refractivity contribution in [2.45, 2.75) is 6.54 Å². The van der Waals surface area contributed by atoms with Crippen LogP contribution >= 0.6 is 0 Å². The maximum absolute atomic E-state index is 5.84. The second-order valence-electron chi connectivity index (χ2n) is 5.87. The minimum atomic E-state index is 0.103. The summed E-state index contributed by atoms with van der Waals surface area (Å²) in [6.07, 6.45) is 1.63. The average Bonchev–Trinajstić information content (AvgIpc) is 2.61. The van der Waals surface area contributed by atoms with Crippen molar-refractivity contribution in [3.63, 3.8) is 0 Å². The largest absolute Gasteiger partial charge is 0.383 e. The maximum atomic E-state index is 5.84. The SMILES string of the molecule is CN(Cc1cccc2ccccc12)c1ncc2c(N)nc(N)nc2n1. The van der Waals surface area contributed by atoms with Crippen LogP contribution in [0, 0.1) is 0 Å². The molecule has 0 bridgehead atoms. The lowest BCUT2D eigenvalue weighted by Gasteiger charge is -2.18. The Kier molecular flexibility index (Phi) is 3.53. The van der Waals surface area contributed by atoms with Gasteiger partial charge in [-0.3, -0.25) is 0 Å². The first-order chi connectivity index (χ1) is 12.1. The minimum absolute atomic E-state index is 0.103. The molecule has 2 aromatic carbocycles. The van der Waals surface area contributed by atoms with Crippen molar-refractivity contribution in [3.8, 4) is 0 Å². The molecule has 0 atom stereocenters. The molecule has 0 radical (unpaired) electrons. The second kappa shape index (κ2) is 5.86. The molecule has 0 fully saturated rings. The van der Waals surface area contributed by atoms with Crippen LogP contribution in [0.1, 0.15) is 5.56 Å². The van der Waals surface area contributed by atoms with Crippen LogP contribution in [0.15, 0.2) is 48.7 Å². The van der Waals surface area contributed by atoms with Crippen LogP contribution in [0.25, 0.3) is 21.8 Å². The molecule has 0 spiro atoms. The highest BCUT2D eigenvalue weighted by atomic mass is 15.2. The highest BCUT2D eigenvalue weighted by Crippen LogP contribution is 2.22. The number of hydrogen-bond donors (Lipinski definition) is 2. The van der Waals surface area contributed by atoms with Gasteiger partial charge < -0.3 is 16.4 Å². The summed E-state index contributed by atoms with van der Waals surface area (Å²) >= 11 is 0. The Bertz CT molecular complexity index is 1070. The average molecular weight is 331 g/mol. The third-order valence-electron chi connectivity index (χ3n) is 4.12. The summed E-state index contributed by atoms with van der Waals surface area (Å²) in [5, 5.41) is 3.02. The van der Waals surface area contributed by atoms with Crippen LogP contribution in [0.3, 0.4) is 0 Å². The van der Waals surface area contributed by atoms with Gasteiger partial charge in [-0.1, -0.05) is 42.5 Å². The molecular weight excluding hydrogens is 314 g/mol. The van der Waals surface area contributed by atoms with E-state index in [4.69, 9.17) is 11.5 Å². The smallest absolute Gasteiger partial charge is 0.227 e. The molecule has 0 aliphatic carbocycles. The molecule has 124 valence electrons. The maximum Gasteiger partial charge on any atom is 0.227 e. The van der Waals surface area contributed by atoms with Gasteiger partial charge in [0.25, 0.3) is 0 Å². The lowest BCUT2D eigenvalue weighted by molar-refractivity contribution is 0.876. The van der Waals surface area contributed by atoms with Gasteiger partial charge in [-0.25, -0.2) is 4.98 Å². The Morgan fingerprint density at radius 2 is 1.72 bits per heavy atom. The van der Waals surface area contributed by atoms with Crippen molar-refractivity contribution < 1.29 is 0 Å². The van der Waals surface area contributed by atoms with Gasteiger partial charge in [0.05, 0.1) is 5.39 Å². The Morgan fingerprint density at radius 1 is 0.920 bits per heavy atom. The molecule has 0 aliphatic rings. The van der Waals surface area contributed by atoms with Crippen LogP contribution in [0.4, 0.5) is 17.7 Å². The zero-order chi connectivity index (χ0) is 17.4. The van der Waals surface area contributed by atoms with E-state index in [0.29, 0.717) is 23.5 Å². The van der Waals surface area contributed by atoms with Gasteiger partial charge in [0.1, 0.15) is 5.82 Å². The molecule has 25 heavy (non-hydrogen) atoms. The van der Waals surface area contributed by atoms with E-state index in [1.807, 2.05) is 24.1 Å². The van der Waals surface area contributed by atoms with Gasteiger partial charge in [-0.05, 0) is 16.3 Å². The molecule has 2 heterocycles. The Balaban J connectivity index is 1.71. The quantitative estimate of drug-likeness (QED) is 0.593. The number of nitrogens with two attached hydrogens (primary N) is 2. The summed E-state index contributed by atoms with van der Waals surface area (Å²) in [4.78, 5) is 18.9. The molecule has 4 N–H and O–H groups in total. The zero-order valence-electron chi connectivity index (χ0n) is 13.7. The third kappa shape index (κ3) is 2.76. The summed E-state index contributed by atoms with van der Waals surface area (Å²) in [5.74, 6) is 0.940. The zero-order valence-corrected chi connectivity index (χ0v) is 13.7. The Labute approximate surface area is 144 Å². The van der Waals surface area contributed by atoms with Crippen LogP contribution < -0.4 is 16.4 Å². The highest BCUT2D eigenvalue weighted by molar-refractivity contribution is 5.87. The summed E-state index contributed by atoms with van der Waals surface area (Å²) in [7, 11) is 1.94. The summed E-state index contributed by atoms with van der Waals surface area (Å²) in [6, 6.07) is 14.6. The molecule has 7 heteroatoms. The predicted octanol–water partition coefficient (Wildman–Crippen LogP) is 2.37. The van der Waals surface area contributed by atoms with Gasteiger partial charge in [0.2, 0.25) is 11.9 Å². The molecule has 0 saturated carbocycles. The first kappa shape index (κ1) is 15.1. The molecule has 4 rings (SSSR count). The van der Waals surface area contributed by atoms with E-state index in [-0.39, 0.29) is 11.8 Å². The summed E-state index contributed by atoms with van der Waals surface area (Å²) in [6.45, 7) is 0.670. The highest BCUT2D eigenvalue weighted by Gasteiger charge is 2.11. The molecule has 2 aromatic heterocycles. The number of aromatic nitrogens is 4. The van der Waals surface area contributed by atoms with E-state index in [9.17, 15) is 0 Å². The number of anilines is 3. The standard InChI is InChI=1S/C18H17N7/c1-25(10-12-7-4-6-11-5-2-3-8-13(11)12)18-21-9-14-15(19)22-17(20)23-16(14)24-18/h2-9H,10H2,1H3,(H4,19,20,21,22,23,24). The molecule has 0 unspecified atom stereocenters. The van der Waals surface area contributed by atoms with Gasteiger partial charge in [-0.15, -0.1) is 0 Å². The van der Waals surface area contributed by atoms with Crippen molar-refractivity contribution in [3.05, 3.63) is 54.2 Å². The minimum Gasteiger partial charge on any atom is -0.383 e. The van der Waals surface area contributed by atoms with Crippen molar-refractivity contribution in [1.29, 1.82) is 0 Å². The number of fused-ring (bicyclic) bond motifs is 2. The van der Waals surface area contributed by atoms with Crippen molar-refractivity contribution >= 4 is 39.5 Å².